The molecule has 0 aliphatic heterocycles. The van der Waals surface area contributed by atoms with Crippen molar-refractivity contribution < 1.29 is 18.0 Å². The number of hydrogen-bond acceptors (Lipinski definition) is 3. The van der Waals surface area contributed by atoms with E-state index < -0.39 is 23.3 Å². The minimum absolute atomic E-state index is 0.0253. The summed E-state index contributed by atoms with van der Waals surface area (Å²) in [5.41, 5.74) is 0.532. The number of rotatable bonds is 4. The summed E-state index contributed by atoms with van der Waals surface area (Å²) in [6.07, 6.45) is -3.85. The molecule has 1 amide bonds. The molecule has 3 rings (SSSR count). The van der Waals surface area contributed by atoms with Gasteiger partial charge in [-0.2, -0.15) is 23.5 Å². The molecule has 0 atom stereocenters. The van der Waals surface area contributed by atoms with Crippen molar-refractivity contribution in [1.82, 2.24) is 15.1 Å². The van der Waals surface area contributed by atoms with E-state index in [1.54, 1.807) is 36.4 Å². The van der Waals surface area contributed by atoms with Crippen molar-refractivity contribution in [2.75, 3.05) is 0 Å². The summed E-state index contributed by atoms with van der Waals surface area (Å²) in [4.78, 5) is 12.4. The van der Waals surface area contributed by atoms with E-state index in [2.05, 4.69) is 10.4 Å². The Morgan fingerprint density at radius 2 is 1.79 bits per heavy atom. The van der Waals surface area contributed by atoms with Crippen molar-refractivity contribution in [3.8, 4) is 11.8 Å². The molecule has 0 spiro atoms. The molecule has 0 unspecified atom stereocenters. The second-order valence-electron chi connectivity index (χ2n) is 6.14. The molecule has 0 aliphatic rings. The van der Waals surface area contributed by atoms with Gasteiger partial charge in [0.25, 0.3) is 5.91 Å². The topological polar surface area (TPSA) is 70.7 Å². The van der Waals surface area contributed by atoms with Crippen molar-refractivity contribution in [1.29, 1.82) is 5.26 Å². The summed E-state index contributed by atoms with van der Waals surface area (Å²) in [6.45, 7) is 1.84. The molecule has 5 nitrogen and oxygen atoms in total. The molecular formula is C20H15F3N4O. The zero-order valence-electron chi connectivity index (χ0n) is 14.8. The van der Waals surface area contributed by atoms with E-state index in [1.807, 2.05) is 13.0 Å². The van der Waals surface area contributed by atoms with E-state index in [-0.39, 0.29) is 12.2 Å². The highest BCUT2D eigenvalue weighted by atomic mass is 19.4. The highest BCUT2D eigenvalue weighted by Crippen LogP contribution is 2.33. The van der Waals surface area contributed by atoms with Crippen LogP contribution in [0.15, 0.2) is 54.7 Å². The Bertz CT molecular complexity index is 1030. The van der Waals surface area contributed by atoms with Gasteiger partial charge >= 0.3 is 6.18 Å². The van der Waals surface area contributed by atoms with Crippen LogP contribution in [0.2, 0.25) is 0 Å². The first kappa shape index (κ1) is 19.2. The van der Waals surface area contributed by atoms with Gasteiger partial charge in [0.15, 0.2) is 5.69 Å². The van der Waals surface area contributed by atoms with Crippen LogP contribution in [0.25, 0.3) is 5.69 Å². The van der Waals surface area contributed by atoms with Crippen LogP contribution < -0.4 is 5.32 Å². The molecule has 0 saturated carbocycles. The van der Waals surface area contributed by atoms with Crippen molar-refractivity contribution >= 4 is 5.91 Å². The Kier molecular flexibility index (Phi) is 5.18. The molecule has 3 aromatic rings. The van der Waals surface area contributed by atoms with Gasteiger partial charge in [-0.15, -0.1) is 0 Å². The predicted molar refractivity (Wildman–Crippen MR) is 95.6 cm³/mol. The van der Waals surface area contributed by atoms with Gasteiger partial charge in [0.2, 0.25) is 0 Å². The Hall–Kier alpha value is -3.60. The maximum Gasteiger partial charge on any atom is 0.434 e. The van der Waals surface area contributed by atoms with Crippen LogP contribution in [0.3, 0.4) is 0 Å². The zero-order chi connectivity index (χ0) is 20.3. The lowest BCUT2D eigenvalue weighted by atomic mass is 10.1. The predicted octanol–water partition coefficient (Wildman–Crippen LogP) is 4.00. The highest BCUT2D eigenvalue weighted by molar-refractivity contribution is 5.95. The third kappa shape index (κ3) is 4.04. The number of aromatic nitrogens is 2. The number of nitrogens with zero attached hydrogens (tertiary/aromatic N) is 3. The van der Waals surface area contributed by atoms with Crippen LogP contribution in [0.4, 0.5) is 13.2 Å². The number of aryl methyl sites for hydroxylation is 1. The number of carbonyl (C=O) groups is 1. The Morgan fingerprint density at radius 3 is 2.36 bits per heavy atom. The van der Waals surface area contributed by atoms with E-state index in [1.165, 1.54) is 12.1 Å². The molecule has 1 N–H and O–H groups in total. The van der Waals surface area contributed by atoms with E-state index in [9.17, 15) is 18.0 Å². The van der Waals surface area contributed by atoms with Gasteiger partial charge in [0.05, 0.1) is 29.1 Å². The van der Waals surface area contributed by atoms with Crippen LogP contribution in [-0.2, 0) is 12.7 Å². The van der Waals surface area contributed by atoms with Gasteiger partial charge in [-0.1, -0.05) is 29.8 Å². The number of amides is 1. The molecule has 0 fully saturated rings. The normalized spacial score (nSPS) is 11.1. The smallest absolute Gasteiger partial charge is 0.348 e. The molecule has 2 aromatic carbocycles. The lowest BCUT2D eigenvalue weighted by Gasteiger charge is -2.13. The molecule has 0 radical (unpaired) electrons. The number of nitrogens with one attached hydrogen (secondary N) is 1. The van der Waals surface area contributed by atoms with Gasteiger partial charge in [-0.25, -0.2) is 4.68 Å². The molecule has 0 aliphatic carbocycles. The summed E-state index contributed by atoms with van der Waals surface area (Å²) in [5, 5.41) is 15.0. The molecule has 1 heterocycles. The third-order valence-electron chi connectivity index (χ3n) is 4.10. The summed E-state index contributed by atoms with van der Waals surface area (Å²) >= 11 is 0. The lowest BCUT2D eigenvalue weighted by molar-refractivity contribution is -0.143. The van der Waals surface area contributed by atoms with Crippen LogP contribution in [0.1, 0.15) is 32.7 Å². The number of benzene rings is 2. The van der Waals surface area contributed by atoms with Gasteiger partial charge in [0, 0.05) is 6.54 Å². The summed E-state index contributed by atoms with van der Waals surface area (Å²) in [6, 6.07) is 14.7. The first-order chi connectivity index (χ1) is 13.3. The molecule has 0 saturated heterocycles. The van der Waals surface area contributed by atoms with Crippen LogP contribution in [0, 0.1) is 18.3 Å². The molecule has 8 heteroatoms. The van der Waals surface area contributed by atoms with Crippen molar-refractivity contribution in [3.63, 3.8) is 0 Å². The maximum atomic E-state index is 13.6. The van der Waals surface area contributed by atoms with Crippen molar-refractivity contribution in [3.05, 3.63) is 82.7 Å². The SMILES string of the molecule is Cc1ccc(-n2ncc(C(=O)NCc3ccc(C#N)cc3)c2C(F)(F)F)cc1. The fraction of sp³-hybridized carbons (Fsp3) is 0.150. The van der Waals surface area contributed by atoms with E-state index >= 15 is 0 Å². The maximum absolute atomic E-state index is 13.6. The second kappa shape index (κ2) is 7.56. The zero-order valence-corrected chi connectivity index (χ0v) is 14.8. The number of alkyl halides is 3. The quantitative estimate of drug-likeness (QED) is 0.739. The molecular weight excluding hydrogens is 369 g/mol. The average molecular weight is 384 g/mol. The van der Waals surface area contributed by atoms with Crippen molar-refractivity contribution in [2.24, 2.45) is 0 Å². The van der Waals surface area contributed by atoms with Gasteiger partial charge in [0.1, 0.15) is 0 Å². The van der Waals surface area contributed by atoms with E-state index in [0.717, 1.165) is 16.4 Å². The molecule has 0 bridgehead atoms. The van der Waals surface area contributed by atoms with Crippen molar-refractivity contribution in [2.45, 2.75) is 19.6 Å². The van der Waals surface area contributed by atoms with Crippen LogP contribution >= 0.6 is 0 Å². The molecule has 142 valence electrons. The first-order valence-electron chi connectivity index (χ1n) is 8.29. The minimum atomic E-state index is -4.76. The number of halogens is 3. The summed E-state index contributed by atoms with van der Waals surface area (Å²) < 4.78 is 41.6. The number of carbonyl (C=O) groups excluding carboxylic acids is 1. The molecule has 28 heavy (non-hydrogen) atoms. The Morgan fingerprint density at radius 1 is 1.14 bits per heavy atom. The lowest BCUT2D eigenvalue weighted by Crippen LogP contribution is -2.26. The second-order valence-corrected chi connectivity index (χ2v) is 6.14. The summed E-state index contributed by atoms with van der Waals surface area (Å²) in [7, 11) is 0. The van der Waals surface area contributed by atoms with Gasteiger partial charge in [-0.3, -0.25) is 4.79 Å². The van der Waals surface area contributed by atoms with Gasteiger partial charge in [-0.05, 0) is 36.8 Å². The molecule has 1 aromatic heterocycles. The van der Waals surface area contributed by atoms with Crippen LogP contribution in [-0.4, -0.2) is 15.7 Å². The standard InChI is InChI=1S/C20H15F3N4O/c1-13-2-8-16(9-3-13)27-18(20(21,22)23)17(12-26-27)19(28)25-11-15-6-4-14(10-24)5-7-15/h2-9,12H,11H2,1H3,(H,25,28). The summed E-state index contributed by atoms with van der Waals surface area (Å²) in [5.74, 6) is -0.880. The van der Waals surface area contributed by atoms with Gasteiger partial charge < -0.3 is 5.32 Å². The highest BCUT2D eigenvalue weighted by Gasteiger charge is 2.40. The first-order valence-corrected chi connectivity index (χ1v) is 8.29. The fourth-order valence-corrected chi connectivity index (χ4v) is 2.64. The third-order valence-corrected chi connectivity index (χ3v) is 4.10. The monoisotopic (exact) mass is 384 g/mol. The Balaban J connectivity index is 1.87. The van der Waals surface area contributed by atoms with E-state index in [0.29, 0.717) is 11.1 Å². The number of hydrogen-bond donors (Lipinski definition) is 1. The largest absolute Gasteiger partial charge is 0.434 e. The number of nitriles is 1. The Labute approximate surface area is 159 Å². The van der Waals surface area contributed by atoms with Crippen LogP contribution in [0.5, 0.6) is 0 Å². The average Bonchev–Trinajstić information content (AvgIpc) is 3.13. The minimum Gasteiger partial charge on any atom is -0.348 e. The van der Waals surface area contributed by atoms with E-state index in [4.69, 9.17) is 5.26 Å². The fourth-order valence-electron chi connectivity index (χ4n) is 2.64.